The minimum atomic E-state index is -5.06. The van der Waals surface area contributed by atoms with Crippen LogP contribution in [0.2, 0.25) is 5.02 Å². The van der Waals surface area contributed by atoms with Gasteiger partial charge in [-0.3, -0.25) is 0 Å². The molecule has 0 aliphatic heterocycles. The Bertz CT molecular complexity index is 975. The number of halogens is 7. The molecular weight excluding hydrogens is 496 g/mol. The third kappa shape index (κ3) is 7.19. The fourth-order valence-electron chi connectivity index (χ4n) is 4.57. The summed E-state index contributed by atoms with van der Waals surface area (Å²) in [6.45, 7) is 0.659. The molecule has 2 aromatic carbocycles. The van der Waals surface area contributed by atoms with Crippen LogP contribution in [0.15, 0.2) is 42.5 Å². The predicted octanol–water partition coefficient (Wildman–Crippen LogP) is 7.94. The predicted molar refractivity (Wildman–Crippen MR) is 123 cm³/mol. The highest BCUT2D eigenvalue weighted by Gasteiger charge is 2.50. The lowest BCUT2D eigenvalue weighted by atomic mass is 9.82. The lowest BCUT2D eigenvalue weighted by Crippen LogP contribution is -2.55. The van der Waals surface area contributed by atoms with E-state index in [9.17, 15) is 31.4 Å². The van der Waals surface area contributed by atoms with Crippen molar-refractivity contribution in [1.82, 2.24) is 0 Å². The first kappa shape index (κ1) is 27.5. The van der Waals surface area contributed by atoms with Gasteiger partial charge in [-0.25, -0.2) is 0 Å². The number of aliphatic hydroxyl groups excluding tert-OH is 1. The first-order chi connectivity index (χ1) is 16.4. The molecule has 0 heterocycles. The van der Waals surface area contributed by atoms with Crippen LogP contribution < -0.4 is 9.64 Å². The van der Waals surface area contributed by atoms with Crippen LogP contribution in [0.3, 0.4) is 0 Å². The molecule has 3 rings (SSSR count). The van der Waals surface area contributed by atoms with E-state index in [2.05, 4.69) is 0 Å². The van der Waals surface area contributed by atoms with Gasteiger partial charge in [0.1, 0.15) is 17.5 Å². The van der Waals surface area contributed by atoms with Gasteiger partial charge in [0.2, 0.25) is 0 Å². The highest BCUT2D eigenvalue weighted by molar-refractivity contribution is 6.31. The maximum Gasteiger partial charge on any atom is 0.416 e. The molecule has 1 fully saturated rings. The molecule has 2 aromatic rings. The maximum atomic E-state index is 14.3. The number of hydrogen-bond acceptors (Lipinski definition) is 3. The van der Waals surface area contributed by atoms with Gasteiger partial charge >= 0.3 is 12.4 Å². The van der Waals surface area contributed by atoms with Gasteiger partial charge < -0.3 is 14.7 Å². The van der Waals surface area contributed by atoms with Crippen LogP contribution in [-0.4, -0.2) is 36.1 Å². The number of nitrogens with zero attached hydrogens (tertiary/aromatic N) is 1. The number of benzene rings is 2. The summed E-state index contributed by atoms with van der Waals surface area (Å²) in [5, 5.41) is 10.3. The number of ether oxygens (including phenoxy) is 1. The molecule has 0 amide bonds. The van der Waals surface area contributed by atoms with Crippen molar-refractivity contribution in [2.24, 2.45) is 5.92 Å². The number of rotatable bonds is 8. The van der Waals surface area contributed by atoms with E-state index in [1.54, 1.807) is 18.2 Å². The van der Waals surface area contributed by atoms with Crippen LogP contribution in [0, 0.1) is 5.92 Å². The fraction of sp³-hybridized carbons (Fsp3) is 0.520. The molecule has 194 valence electrons. The van der Waals surface area contributed by atoms with Gasteiger partial charge in [0.05, 0.1) is 6.54 Å². The first-order valence-corrected chi connectivity index (χ1v) is 11.9. The number of anilines is 1. The molecule has 1 saturated carbocycles. The van der Waals surface area contributed by atoms with E-state index in [0.717, 1.165) is 12.0 Å². The van der Waals surface area contributed by atoms with Crippen molar-refractivity contribution in [2.75, 3.05) is 11.4 Å². The van der Waals surface area contributed by atoms with E-state index >= 15 is 0 Å². The van der Waals surface area contributed by atoms with E-state index < -0.39 is 37.0 Å². The first-order valence-electron chi connectivity index (χ1n) is 11.5. The average Bonchev–Trinajstić information content (AvgIpc) is 2.79. The van der Waals surface area contributed by atoms with E-state index in [4.69, 9.17) is 16.3 Å². The van der Waals surface area contributed by atoms with E-state index in [0.29, 0.717) is 34.9 Å². The topological polar surface area (TPSA) is 32.7 Å². The van der Waals surface area contributed by atoms with Crippen LogP contribution in [0.25, 0.3) is 0 Å². The molecule has 35 heavy (non-hydrogen) atoms. The van der Waals surface area contributed by atoms with Crippen molar-refractivity contribution in [3.63, 3.8) is 0 Å². The molecule has 0 spiro atoms. The number of aryl methyl sites for hydroxylation is 1. The average molecular weight is 524 g/mol. The van der Waals surface area contributed by atoms with Crippen molar-refractivity contribution >= 4 is 17.3 Å². The molecule has 1 aliphatic carbocycles. The van der Waals surface area contributed by atoms with Gasteiger partial charge in [-0.1, -0.05) is 43.9 Å². The van der Waals surface area contributed by atoms with Crippen molar-refractivity contribution < 1.29 is 36.2 Å². The second-order valence-corrected chi connectivity index (χ2v) is 9.21. The van der Waals surface area contributed by atoms with Crippen LogP contribution in [0.1, 0.15) is 44.6 Å². The highest BCUT2D eigenvalue weighted by Crippen LogP contribution is 2.41. The third-order valence-electron chi connectivity index (χ3n) is 6.30. The second kappa shape index (κ2) is 11.3. The number of aliphatic hydroxyl groups is 1. The van der Waals surface area contributed by atoms with Gasteiger partial charge in [-0.2, -0.15) is 26.3 Å². The molecule has 0 aromatic heterocycles. The second-order valence-electron chi connectivity index (χ2n) is 8.80. The fourth-order valence-corrected chi connectivity index (χ4v) is 4.82. The highest BCUT2D eigenvalue weighted by atomic mass is 35.5. The number of alkyl halides is 6. The normalized spacial score (nSPS) is 17.2. The van der Waals surface area contributed by atoms with Gasteiger partial charge in [-0.05, 0) is 61.1 Å². The van der Waals surface area contributed by atoms with E-state index in [1.165, 1.54) is 24.3 Å². The molecule has 1 N–H and O–H groups in total. The molecule has 2 atom stereocenters. The Morgan fingerprint density at radius 1 is 0.971 bits per heavy atom. The van der Waals surface area contributed by atoms with Crippen molar-refractivity contribution in [2.45, 2.75) is 69.9 Å². The molecule has 0 bridgehead atoms. The van der Waals surface area contributed by atoms with Gasteiger partial charge in [0, 0.05) is 16.8 Å². The summed E-state index contributed by atoms with van der Waals surface area (Å²) in [6.07, 6.45) is -9.72. The van der Waals surface area contributed by atoms with E-state index in [1.807, 2.05) is 6.92 Å². The lowest BCUT2D eigenvalue weighted by molar-refractivity contribution is -0.204. The summed E-state index contributed by atoms with van der Waals surface area (Å²) in [4.78, 5) is 0.639. The quantitative estimate of drug-likeness (QED) is 0.356. The van der Waals surface area contributed by atoms with Crippen LogP contribution in [-0.2, 0) is 6.42 Å². The Morgan fingerprint density at radius 3 is 2.23 bits per heavy atom. The van der Waals surface area contributed by atoms with Crippen molar-refractivity contribution in [3.05, 3.63) is 53.1 Å². The molecule has 3 nitrogen and oxygen atoms in total. The monoisotopic (exact) mass is 523 g/mol. The molecule has 1 aliphatic rings. The van der Waals surface area contributed by atoms with E-state index in [-0.39, 0.29) is 24.3 Å². The Balaban J connectivity index is 1.99. The van der Waals surface area contributed by atoms with Gasteiger partial charge in [-0.15, -0.1) is 0 Å². The summed E-state index contributed by atoms with van der Waals surface area (Å²) < 4.78 is 88.3. The molecule has 2 unspecified atom stereocenters. The third-order valence-corrected chi connectivity index (χ3v) is 6.67. The smallest absolute Gasteiger partial charge is 0.416 e. The Morgan fingerprint density at radius 2 is 1.63 bits per heavy atom. The van der Waals surface area contributed by atoms with Gasteiger partial charge in [0.15, 0.2) is 6.10 Å². The Hall–Kier alpha value is -2.13. The molecule has 0 saturated heterocycles. The maximum absolute atomic E-state index is 14.3. The molecule has 10 heteroatoms. The standard InChI is InChI=1S/C25H28ClF6NO2/c1-2-16-13-20(11-12-21(16)26)35-19-10-6-9-18(14-19)33(15-22(34)24(27,28)29)23(25(30,31)32)17-7-4-3-5-8-17/h6,9-14,17,22-23,34H,2-5,7-8,15H2,1H3. The summed E-state index contributed by atoms with van der Waals surface area (Å²) in [7, 11) is 0. The summed E-state index contributed by atoms with van der Waals surface area (Å²) in [5.74, 6) is -0.329. The zero-order valence-corrected chi connectivity index (χ0v) is 19.9. The summed E-state index contributed by atoms with van der Waals surface area (Å²) >= 11 is 6.12. The van der Waals surface area contributed by atoms with Crippen molar-refractivity contribution in [1.29, 1.82) is 0 Å². The van der Waals surface area contributed by atoms with Crippen molar-refractivity contribution in [3.8, 4) is 11.5 Å². The SMILES string of the molecule is CCc1cc(Oc2cccc(N(CC(O)C(F)(F)F)C(C3CCCCC3)C(F)(F)F)c2)ccc1Cl. The van der Waals surface area contributed by atoms with Crippen LogP contribution in [0.5, 0.6) is 11.5 Å². The zero-order chi connectivity index (χ0) is 25.8. The Labute approximate surface area is 205 Å². The lowest BCUT2D eigenvalue weighted by Gasteiger charge is -2.42. The Kier molecular flexibility index (Phi) is 8.86. The van der Waals surface area contributed by atoms with Crippen LogP contribution in [0.4, 0.5) is 32.0 Å². The summed E-state index contributed by atoms with van der Waals surface area (Å²) in [6, 6.07) is 8.25. The minimum absolute atomic E-state index is 0.108. The molecular formula is C25H28ClF6NO2. The molecule has 0 radical (unpaired) electrons. The number of hydrogen-bond donors (Lipinski definition) is 1. The minimum Gasteiger partial charge on any atom is -0.457 e. The van der Waals surface area contributed by atoms with Gasteiger partial charge in [0.25, 0.3) is 0 Å². The summed E-state index contributed by atoms with van der Waals surface area (Å²) in [5.41, 5.74) is 0.702. The largest absolute Gasteiger partial charge is 0.457 e. The van der Waals surface area contributed by atoms with Crippen LogP contribution >= 0.6 is 11.6 Å². The zero-order valence-electron chi connectivity index (χ0n) is 19.2.